The fourth-order valence-corrected chi connectivity index (χ4v) is 1.89. The molecule has 2 aliphatic carbocycles. The molecular formula is C14H23N. The number of rotatable bonds is 6. The predicted octanol–water partition coefficient (Wildman–Crippen LogP) is 3.59. The number of allylic oxidation sites excluding steroid dienone is 2. The molecule has 2 fully saturated rings. The van der Waals surface area contributed by atoms with Crippen molar-refractivity contribution in [3.8, 4) is 0 Å². The molecule has 0 aromatic heterocycles. The third kappa shape index (κ3) is 3.40. The molecule has 2 saturated carbocycles. The van der Waals surface area contributed by atoms with E-state index in [0.717, 1.165) is 18.4 Å². The molecule has 0 amide bonds. The molecule has 0 heterocycles. The molecule has 0 radical (unpaired) electrons. The summed E-state index contributed by atoms with van der Waals surface area (Å²) >= 11 is 0. The molecule has 0 saturated heterocycles. The van der Waals surface area contributed by atoms with Crippen molar-refractivity contribution in [2.45, 2.75) is 39.5 Å². The maximum absolute atomic E-state index is 4.27. The molecular weight excluding hydrogens is 182 g/mol. The van der Waals surface area contributed by atoms with E-state index in [1.165, 1.54) is 43.5 Å². The summed E-state index contributed by atoms with van der Waals surface area (Å²) in [7, 11) is 0. The van der Waals surface area contributed by atoms with Crippen molar-refractivity contribution >= 4 is 0 Å². The van der Waals surface area contributed by atoms with Gasteiger partial charge in [0.15, 0.2) is 0 Å². The number of nitrogens with zero attached hydrogens (tertiary/aromatic N) is 1. The fourth-order valence-electron chi connectivity index (χ4n) is 1.89. The first-order valence-corrected chi connectivity index (χ1v) is 6.24. The second-order valence-corrected chi connectivity index (χ2v) is 5.40. The van der Waals surface area contributed by atoms with Gasteiger partial charge in [-0.05, 0) is 51.4 Å². The molecule has 0 aromatic carbocycles. The molecule has 0 bridgehead atoms. The summed E-state index contributed by atoms with van der Waals surface area (Å²) in [6.45, 7) is 11.0. The van der Waals surface area contributed by atoms with Crippen LogP contribution >= 0.6 is 0 Å². The summed E-state index contributed by atoms with van der Waals surface area (Å²) in [4.78, 5) is 2.52. The summed E-state index contributed by atoms with van der Waals surface area (Å²) < 4.78 is 0. The first-order valence-electron chi connectivity index (χ1n) is 6.24. The van der Waals surface area contributed by atoms with Gasteiger partial charge in [-0.15, -0.1) is 0 Å². The van der Waals surface area contributed by atoms with Gasteiger partial charge in [-0.2, -0.15) is 0 Å². The van der Waals surface area contributed by atoms with Crippen molar-refractivity contribution in [3.05, 3.63) is 23.9 Å². The van der Waals surface area contributed by atoms with Crippen LogP contribution in [0.15, 0.2) is 23.9 Å². The Labute approximate surface area is 93.9 Å². The van der Waals surface area contributed by atoms with Crippen LogP contribution in [0.3, 0.4) is 0 Å². The maximum Gasteiger partial charge on any atom is 0.0358 e. The number of hydrogen-bond donors (Lipinski definition) is 0. The van der Waals surface area contributed by atoms with Crippen molar-refractivity contribution in [2.24, 2.45) is 11.8 Å². The van der Waals surface area contributed by atoms with Gasteiger partial charge in [0, 0.05) is 18.8 Å². The Morgan fingerprint density at radius 3 is 2.40 bits per heavy atom. The molecule has 84 valence electrons. The number of hydrogen-bond acceptors (Lipinski definition) is 1. The van der Waals surface area contributed by atoms with Gasteiger partial charge < -0.3 is 4.90 Å². The first kappa shape index (κ1) is 10.8. The maximum atomic E-state index is 4.27. The van der Waals surface area contributed by atoms with Gasteiger partial charge in [-0.1, -0.05) is 18.2 Å². The molecule has 0 unspecified atom stereocenters. The minimum absolute atomic E-state index is 0.814. The van der Waals surface area contributed by atoms with E-state index in [0.29, 0.717) is 0 Å². The van der Waals surface area contributed by atoms with Crippen LogP contribution in [0.2, 0.25) is 0 Å². The zero-order chi connectivity index (χ0) is 10.8. The lowest BCUT2D eigenvalue weighted by Gasteiger charge is -2.25. The molecule has 0 aromatic rings. The molecule has 0 atom stereocenters. The monoisotopic (exact) mass is 205 g/mol. The fraction of sp³-hybridized carbons (Fsp3) is 0.714. The minimum atomic E-state index is 0.814. The Morgan fingerprint density at radius 2 is 1.93 bits per heavy atom. The molecule has 0 spiro atoms. The van der Waals surface area contributed by atoms with Crippen molar-refractivity contribution in [3.63, 3.8) is 0 Å². The van der Waals surface area contributed by atoms with Gasteiger partial charge in [0.1, 0.15) is 0 Å². The predicted molar refractivity (Wildman–Crippen MR) is 65.6 cm³/mol. The summed E-state index contributed by atoms with van der Waals surface area (Å²) in [6.07, 6.45) is 7.94. The van der Waals surface area contributed by atoms with Crippen LogP contribution in [-0.4, -0.2) is 18.0 Å². The molecule has 0 N–H and O–H groups in total. The second kappa shape index (κ2) is 4.42. The lowest BCUT2D eigenvalue weighted by atomic mass is 10.2. The highest BCUT2D eigenvalue weighted by atomic mass is 15.1. The average Bonchev–Trinajstić information content (AvgIpc) is 3.01. The van der Waals surface area contributed by atoms with E-state index in [9.17, 15) is 0 Å². The van der Waals surface area contributed by atoms with Gasteiger partial charge in [0.25, 0.3) is 0 Å². The van der Waals surface area contributed by atoms with Crippen molar-refractivity contribution in [2.75, 3.05) is 13.1 Å². The van der Waals surface area contributed by atoms with Gasteiger partial charge in [0.05, 0.1) is 0 Å². The minimum Gasteiger partial charge on any atom is -0.371 e. The summed E-state index contributed by atoms with van der Waals surface area (Å²) in [5.41, 5.74) is 2.82. The van der Waals surface area contributed by atoms with Crippen LogP contribution in [0.4, 0.5) is 0 Å². The van der Waals surface area contributed by atoms with Gasteiger partial charge in [-0.3, -0.25) is 0 Å². The van der Waals surface area contributed by atoms with Crippen LogP contribution in [0.25, 0.3) is 0 Å². The summed E-state index contributed by atoms with van der Waals surface area (Å²) in [5.74, 6) is 1.78. The molecule has 1 heteroatoms. The van der Waals surface area contributed by atoms with E-state index in [-0.39, 0.29) is 0 Å². The van der Waals surface area contributed by atoms with E-state index in [1.807, 2.05) is 0 Å². The largest absolute Gasteiger partial charge is 0.371 e. The SMILES string of the molecule is C=C(C1CC1)N(CC=C(C)C)CC1CC1. The van der Waals surface area contributed by atoms with Crippen LogP contribution in [0.1, 0.15) is 39.5 Å². The smallest absolute Gasteiger partial charge is 0.0358 e. The lowest BCUT2D eigenvalue weighted by Crippen LogP contribution is -2.26. The van der Waals surface area contributed by atoms with E-state index in [4.69, 9.17) is 0 Å². The van der Waals surface area contributed by atoms with E-state index >= 15 is 0 Å². The van der Waals surface area contributed by atoms with Crippen molar-refractivity contribution in [1.82, 2.24) is 4.90 Å². The molecule has 15 heavy (non-hydrogen) atoms. The standard InChI is InChI=1S/C14H23N/c1-11(2)8-9-15(10-13-4-5-13)12(3)14-6-7-14/h8,13-14H,3-7,9-10H2,1-2H3. The quantitative estimate of drug-likeness (QED) is 0.599. The Hall–Kier alpha value is -0.720. The van der Waals surface area contributed by atoms with Gasteiger partial charge >= 0.3 is 0 Å². The zero-order valence-electron chi connectivity index (χ0n) is 10.1. The molecule has 0 aliphatic heterocycles. The van der Waals surface area contributed by atoms with Crippen molar-refractivity contribution < 1.29 is 0 Å². The normalized spacial score (nSPS) is 19.9. The summed E-state index contributed by atoms with van der Waals surface area (Å²) in [6, 6.07) is 0. The van der Waals surface area contributed by atoms with E-state index in [2.05, 4.69) is 31.4 Å². The van der Waals surface area contributed by atoms with Gasteiger partial charge in [-0.25, -0.2) is 0 Å². The Morgan fingerprint density at radius 1 is 1.27 bits per heavy atom. The third-order valence-electron chi connectivity index (χ3n) is 3.35. The Bertz CT molecular complexity index is 265. The zero-order valence-corrected chi connectivity index (χ0v) is 10.1. The van der Waals surface area contributed by atoms with Crippen molar-refractivity contribution in [1.29, 1.82) is 0 Å². The summed E-state index contributed by atoms with van der Waals surface area (Å²) in [5, 5.41) is 0. The van der Waals surface area contributed by atoms with Gasteiger partial charge in [0.2, 0.25) is 0 Å². The topological polar surface area (TPSA) is 3.24 Å². The van der Waals surface area contributed by atoms with E-state index in [1.54, 1.807) is 0 Å². The third-order valence-corrected chi connectivity index (χ3v) is 3.35. The first-order chi connectivity index (χ1) is 7.16. The highest BCUT2D eigenvalue weighted by Gasteiger charge is 2.31. The van der Waals surface area contributed by atoms with Crippen LogP contribution < -0.4 is 0 Å². The highest BCUT2D eigenvalue weighted by Crippen LogP contribution is 2.39. The molecule has 2 rings (SSSR count). The second-order valence-electron chi connectivity index (χ2n) is 5.40. The Balaban J connectivity index is 1.88. The molecule has 1 nitrogen and oxygen atoms in total. The van der Waals surface area contributed by atoms with Crippen LogP contribution in [-0.2, 0) is 0 Å². The molecule has 2 aliphatic rings. The Kier molecular flexibility index (Phi) is 3.18. The van der Waals surface area contributed by atoms with Crippen LogP contribution in [0, 0.1) is 11.8 Å². The highest BCUT2D eigenvalue weighted by molar-refractivity contribution is 5.10. The van der Waals surface area contributed by atoms with E-state index < -0.39 is 0 Å². The van der Waals surface area contributed by atoms with Crippen LogP contribution in [0.5, 0.6) is 0 Å². The average molecular weight is 205 g/mol. The lowest BCUT2D eigenvalue weighted by molar-refractivity contribution is 0.345.